The maximum absolute atomic E-state index is 12.8. The summed E-state index contributed by atoms with van der Waals surface area (Å²) in [4.78, 5) is 13.3. The number of nitrogens with zero attached hydrogens (tertiary/aromatic N) is 1. The third-order valence-corrected chi connectivity index (χ3v) is 7.03. The van der Waals surface area contributed by atoms with Gasteiger partial charge in [0.15, 0.2) is 0 Å². The molecule has 1 N–H and O–H groups in total. The van der Waals surface area contributed by atoms with Crippen LogP contribution in [0.15, 0.2) is 34.5 Å². The second kappa shape index (κ2) is 8.86. The molecule has 0 radical (unpaired) electrons. The number of carbonyl (C=O) groups is 1. The molecule has 1 aromatic heterocycles. The third kappa shape index (κ3) is 4.88. The molecule has 8 heteroatoms. The van der Waals surface area contributed by atoms with Gasteiger partial charge in [0, 0.05) is 13.1 Å². The Labute approximate surface area is 165 Å². The van der Waals surface area contributed by atoms with E-state index in [1.165, 1.54) is 27.8 Å². The van der Waals surface area contributed by atoms with Gasteiger partial charge in [-0.15, -0.1) is 11.3 Å². The summed E-state index contributed by atoms with van der Waals surface area (Å²) < 4.78 is 32.8. The molecule has 6 nitrogen and oxygen atoms in total. The number of hydrogen-bond acceptors (Lipinski definition) is 5. The number of amides is 1. The molecule has 148 valence electrons. The highest BCUT2D eigenvalue weighted by atomic mass is 32.2. The molecule has 1 heterocycles. The molecule has 0 aliphatic heterocycles. The van der Waals surface area contributed by atoms with Gasteiger partial charge in [0.2, 0.25) is 10.0 Å². The van der Waals surface area contributed by atoms with Crippen LogP contribution < -0.4 is 10.1 Å². The number of aryl methyl sites for hydroxylation is 1. The van der Waals surface area contributed by atoms with Crippen LogP contribution in [0.1, 0.15) is 42.9 Å². The van der Waals surface area contributed by atoms with Crippen molar-refractivity contribution in [1.29, 1.82) is 0 Å². The number of benzene rings is 1. The monoisotopic (exact) mass is 410 g/mol. The Bertz CT molecular complexity index is 900. The van der Waals surface area contributed by atoms with Gasteiger partial charge in [-0.3, -0.25) is 4.79 Å². The molecule has 0 saturated heterocycles. The Morgan fingerprint density at radius 3 is 2.41 bits per heavy atom. The first-order valence-electron chi connectivity index (χ1n) is 8.87. The SMILES string of the molecule is CCN(CC)S(=O)(=O)c1ccc(OC(C)C)c(NC(=O)c2sccc2C)c1. The quantitative estimate of drug-likeness (QED) is 0.710. The highest BCUT2D eigenvalue weighted by Gasteiger charge is 2.24. The zero-order valence-corrected chi connectivity index (χ0v) is 17.9. The Balaban J connectivity index is 2.46. The molecule has 1 amide bonds. The smallest absolute Gasteiger partial charge is 0.266 e. The topological polar surface area (TPSA) is 75.7 Å². The Kier molecular flexibility index (Phi) is 7.02. The van der Waals surface area contributed by atoms with Crippen LogP contribution in [0.2, 0.25) is 0 Å². The van der Waals surface area contributed by atoms with E-state index in [0.29, 0.717) is 29.4 Å². The standard InChI is InChI=1S/C19H26N2O4S2/c1-6-21(7-2)27(23,24)15-8-9-17(25-13(3)4)16(12-15)20-19(22)18-14(5)10-11-26-18/h8-13H,6-7H2,1-5H3,(H,20,22). The van der Waals surface area contributed by atoms with Crippen molar-refractivity contribution in [2.75, 3.05) is 18.4 Å². The van der Waals surface area contributed by atoms with Crippen LogP contribution in [0.25, 0.3) is 0 Å². The van der Waals surface area contributed by atoms with Gasteiger partial charge in [0.05, 0.1) is 21.6 Å². The minimum atomic E-state index is -3.64. The van der Waals surface area contributed by atoms with E-state index in [0.717, 1.165) is 5.56 Å². The van der Waals surface area contributed by atoms with Crippen molar-refractivity contribution in [3.63, 3.8) is 0 Å². The number of ether oxygens (including phenoxy) is 1. The number of thiophene rings is 1. The van der Waals surface area contributed by atoms with E-state index < -0.39 is 10.0 Å². The van der Waals surface area contributed by atoms with Gasteiger partial charge < -0.3 is 10.1 Å². The molecule has 0 saturated carbocycles. The lowest BCUT2D eigenvalue weighted by molar-refractivity contribution is 0.102. The maximum Gasteiger partial charge on any atom is 0.266 e. The van der Waals surface area contributed by atoms with Crippen LogP contribution in [-0.2, 0) is 10.0 Å². The van der Waals surface area contributed by atoms with Crippen molar-refractivity contribution in [3.05, 3.63) is 40.1 Å². The lowest BCUT2D eigenvalue weighted by Gasteiger charge is -2.20. The fourth-order valence-electron chi connectivity index (χ4n) is 2.62. The Hall–Kier alpha value is -1.90. The molecule has 0 unspecified atom stereocenters. The molecule has 0 fully saturated rings. The first-order chi connectivity index (χ1) is 12.7. The second-order valence-corrected chi connectivity index (χ2v) is 9.15. The van der Waals surface area contributed by atoms with Crippen LogP contribution in [0.5, 0.6) is 5.75 Å². The predicted molar refractivity (Wildman–Crippen MR) is 109 cm³/mol. The normalized spacial score (nSPS) is 11.8. The summed E-state index contributed by atoms with van der Waals surface area (Å²) in [5.74, 6) is 0.152. The summed E-state index contributed by atoms with van der Waals surface area (Å²) in [7, 11) is -3.64. The molecule has 27 heavy (non-hydrogen) atoms. The second-order valence-electron chi connectivity index (χ2n) is 6.30. The third-order valence-electron chi connectivity index (χ3n) is 3.97. The predicted octanol–water partition coefficient (Wildman–Crippen LogP) is 4.13. The molecule has 2 aromatic rings. The molecule has 1 aromatic carbocycles. The van der Waals surface area contributed by atoms with E-state index in [9.17, 15) is 13.2 Å². The van der Waals surface area contributed by atoms with Gasteiger partial charge >= 0.3 is 0 Å². The molecule has 0 aliphatic carbocycles. The highest BCUT2D eigenvalue weighted by Crippen LogP contribution is 2.31. The molecule has 0 bridgehead atoms. The van der Waals surface area contributed by atoms with Crippen LogP contribution >= 0.6 is 11.3 Å². The molecular weight excluding hydrogens is 384 g/mol. The van der Waals surface area contributed by atoms with Crippen molar-refractivity contribution in [1.82, 2.24) is 4.31 Å². The number of sulfonamides is 1. The fraction of sp³-hybridized carbons (Fsp3) is 0.421. The van der Waals surface area contributed by atoms with E-state index in [4.69, 9.17) is 4.74 Å². The van der Waals surface area contributed by atoms with Crippen molar-refractivity contribution < 1.29 is 17.9 Å². The molecular formula is C19H26N2O4S2. The summed E-state index contributed by atoms with van der Waals surface area (Å²) in [6, 6.07) is 6.43. The van der Waals surface area contributed by atoms with Gasteiger partial charge in [-0.05, 0) is 56.0 Å². The first-order valence-corrected chi connectivity index (χ1v) is 11.2. The average molecular weight is 411 g/mol. The summed E-state index contributed by atoms with van der Waals surface area (Å²) in [6.07, 6.45) is -0.116. The minimum absolute atomic E-state index is 0.116. The van der Waals surface area contributed by atoms with Crippen molar-refractivity contribution in [2.45, 2.75) is 45.6 Å². The van der Waals surface area contributed by atoms with Gasteiger partial charge in [0.1, 0.15) is 5.75 Å². The number of nitrogens with one attached hydrogen (secondary N) is 1. The van der Waals surface area contributed by atoms with Gasteiger partial charge in [-0.2, -0.15) is 4.31 Å². The average Bonchev–Trinajstić information content (AvgIpc) is 3.02. The lowest BCUT2D eigenvalue weighted by atomic mass is 10.2. The zero-order chi connectivity index (χ0) is 20.2. The van der Waals surface area contributed by atoms with Crippen LogP contribution in [0.4, 0.5) is 5.69 Å². The van der Waals surface area contributed by atoms with E-state index in [1.807, 2.05) is 32.2 Å². The van der Waals surface area contributed by atoms with Crippen molar-refractivity contribution in [2.24, 2.45) is 0 Å². The van der Waals surface area contributed by atoms with Gasteiger partial charge in [-0.25, -0.2) is 8.42 Å². The number of rotatable bonds is 8. The summed E-state index contributed by atoms with van der Waals surface area (Å²) in [5, 5.41) is 4.65. The lowest BCUT2D eigenvalue weighted by Crippen LogP contribution is -2.30. The Morgan fingerprint density at radius 1 is 1.22 bits per heavy atom. The zero-order valence-electron chi connectivity index (χ0n) is 16.3. The maximum atomic E-state index is 12.8. The van der Waals surface area contributed by atoms with Crippen LogP contribution in [0.3, 0.4) is 0 Å². The largest absolute Gasteiger partial charge is 0.489 e. The van der Waals surface area contributed by atoms with Gasteiger partial charge in [-0.1, -0.05) is 13.8 Å². The van der Waals surface area contributed by atoms with E-state index in [1.54, 1.807) is 19.9 Å². The molecule has 0 aliphatic rings. The van der Waals surface area contributed by atoms with E-state index >= 15 is 0 Å². The number of hydrogen-bond donors (Lipinski definition) is 1. The van der Waals surface area contributed by atoms with Crippen LogP contribution in [-0.4, -0.2) is 37.8 Å². The highest BCUT2D eigenvalue weighted by molar-refractivity contribution is 7.89. The van der Waals surface area contributed by atoms with E-state index in [2.05, 4.69) is 5.32 Å². The van der Waals surface area contributed by atoms with Crippen LogP contribution in [0, 0.1) is 6.92 Å². The summed E-state index contributed by atoms with van der Waals surface area (Å²) in [5.41, 5.74) is 1.21. The minimum Gasteiger partial charge on any atom is -0.489 e. The van der Waals surface area contributed by atoms with Crippen molar-refractivity contribution in [3.8, 4) is 5.75 Å². The molecule has 2 rings (SSSR count). The molecule has 0 atom stereocenters. The first kappa shape index (κ1) is 21.4. The van der Waals surface area contributed by atoms with Gasteiger partial charge in [0.25, 0.3) is 5.91 Å². The fourth-order valence-corrected chi connectivity index (χ4v) is 4.93. The Morgan fingerprint density at radius 2 is 1.89 bits per heavy atom. The van der Waals surface area contributed by atoms with Crippen molar-refractivity contribution >= 4 is 33.0 Å². The molecule has 0 spiro atoms. The summed E-state index contributed by atoms with van der Waals surface area (Å²) >= 11 is 1.34. The summed E-state index contributed by atoms with van der Waals surface area (Å²) in [6.45, 7) is 9.93. The number of carbonyl (C=O) groups excluding carboxylic acids is 1. The number of anilines is 1. The van der Waals surface area contributed by atoms with E-state index in [-0.39, 0.29) is 16.9 Å².